The summed E-state index contributed by atoms with van der Waals surface area (Å²) >= 11 is 0. The molecule has 0 spiro atoms. The molecule has 1 unspecified atom stereocenters. The van der Waals surface area contributed by atoms with Gasteiger partial charge >= 0.3 is 23.9 Å². The Morgan fingerprint density at radius 3 is 1.77 bits per heavy atom. The lowest BCUT2D eigenvalue weighted by atomic mass is 9.91. The zero-order chi connectivity index (χ0) is 23.0. The lowest BCUT2D eigenvalue weighted by Gasteiger charge is -2.44. The molecule has 0 saturated carbocycles. The van der Waals surface area contributed by atoms with Crippen LogP contribution in [-0.2, 0) is 49.3 Å². The molecule has 5 atom stereocenters. The number of hydrogen-bond donors (Lipinski definition) is 0. The summed E-state index contributed by atoms with van der Waals surface area (Å²) in [4.78, 5) is 46.6. The predicted octanol–water partition coefficient (Wildman–Crippen LogP) is 1.74. The molecule has 1 saturated heterocycles. The number of carbonyl (C=O) groups excluding carboxylic acids is 4. The summed E-state index contributed by atoms with van der Waals surface area (Å²) in [6, 6.07) is 9.61. The average Bonchev–Trinajstić information content (AvgIpc) is 2.68. The highest BCUT2D eigenvalue weighted by atomic mass is 16.7. The molecule has 0 aliphatic carbocycles. The fourth-order valence-corrected chi connectivity index (χ4v) is 3.50. The van der Waals surface area contributed by atoms with Crippen LogP contribution < -0.4 is 0 Å². The smallest absolute Gasteiger partial charge is 0.303 e. The van der Waals surface area contributed by atoms with Crippen LogP contribution in [0.1, 0.15) is 39.7 Å². The van der Waals surface area contributed by atoms with Crippen molar-refractivity contribution < 1.29 is 42.9 Å². The van der Waals surface area contributed by atoms with Gasteiger partial charge in [-0.1, -0.05) is 30.3 Å². The van der Waals surface area contributed by atoms with E-state index in [1.165, 1.54) is 27.7 Å². The Morgan fingerprint density at radius 1 is 0.742 bits per heavy atom. The molecule has 1 aliphatic rings. The lowest BCUT2D eigenvalue weighted by Crippen LogP contribution is -2.62. The van der Waals surface area contributed by atoms with E-state index < -0.39 is 54.4 Å². The summed E-state index contributed by atoms with van der Waals surface area (Å²) in [5, 5.41) is 0. The van der Waals surface area contributed by atoms with E-state index in [4.69, 9.17) is 23.7 Å². The van der Waals surface area contributed by atoms with E-state index in [1.807, 2.05) is 30.3 Å². The monoisotopic (exact) mass is 436 g/mol. The second-order valence-corrected chi connectivity index (χ2v) is 7.26. The van der Waals surface area contributed by atoms with Crippen LogP contribution in [-0.4, -0.2) is 61.0 Å². The van der Waals surface area contributed by atoms with Gasteiger partial charge in [0, 0.05) is 27.7 Å². The van der Waals surface area contributed by atoms with Crippen molar-refractivity contribution >= 4 is 23.9 Å². The SMILES string of the molecule is CC(=O)OC[C@H]1OC(CCc2ccccc2)[C@H](OC(C)=O)[C@@H](OC(C)=O)[C@@H]1OC(C)=O. The van der Waals surface area contributed by atoms with Gasteiger partial charge in [-0.25, -0.2) is 0 Å². The summed E-state index contributed by atoms with van der Waals surface area (Å²) in [5.74, 6) is -2.44. The second kappa shape index (κ2) is 11.5. The highest BCUT2D eigenvalue weighted by Crippen LogP contribution is 2.31. The van der Waals surface area contributed by atoms with Crippen molar-refractivity contribution in [2.45, 2.75) is 71.1 Å². The van der Waals surface area contributed by atoms with Crippen LogP contribution in [0, 0.1) is 0 Å². The molecular weight excluding hydrogens is 408 g/mol. The van der Waals surface area contributed by atoms with Crippen LogP contribution in [0.4, 0.5) is 0 Å². The molecule has 0 radical (unpaired) electrons. The summed E-state index contributed by atoms with van der Waals surface area (Å²) in [7, 11) is 0. The van der Waals surface area contributed by atoms with E-state index >= 15 is 0 Å². The van der Waals surface area contributed by atoms with Gasteiger partial charge in [-0.15, -0.1) is 0 Å². The molecular formula is C22H28O9. The molecule has 0 amide bonds. The Balaban J connectivity index is 2.35. The molecule has 1 aromatic rings. The summed E-state index contributed by atoms with van der Waals surface area (Å²) in [6.45, 7) is 4.63. The van der Waals surface area contributed by atoms with E-state index in [0.29, 0.717) is 12.8 Å². The first kappa shape index (κ1) is 24.3. The molecule has 1 heterocycles. The van der Waals surface area contributed by atoms with Crippen molar-refractivity contribution in [1.82, 2.24) is 0 Å². The fraction of sp³-hybridized carbons (Fsp3) is 0.545. The standard InChI is InChI=1S/C22H28O9/c1-13(23)27-12-19-21(29-15(3)25)22(30-16(4)26)20(28-14(2)24)18(31-19)11-10-17-8-6-5-7-9-17/h5-9,18-22H,10-12H2,1-4H3/t18?,19-,20+,21-,22-/m1/s1. The Hall–Kier alpha value is -2.94. The third-order valence-corrected chi connectivity index (χ3v) is 4.65. The molecule has 0 bridgehead atoms. The van der Waals surface area contributed by atoms with Gasteiger partial charge in [0.25, 0.3) is 0 Å². The third kappa shape index (κ3) is 7.67. The van der Waals surface area contributed by atoms with Crippen molar-refractivity contribution in [1.29, 1.82) is 0 Å². The van der Waals surface area contributed by atoms with Crippen LogP contribution in [0.5, 0.6) is 0 Å². The minimum atomic E-state index is -1.13. The van der Waals surface area contributed by atoms with Gasteiger partial charge in [-0.3, -0.25) is 19.2 Å². The Bertz CT molecular complexity index is 776. The molecule has 1 fully saturated rings. The zero-order valence-electron chi connectivity index (χ0n) is 18.1. The normalized spacial score (nSPS) is 25.2. The third-order valence-electron chi connectivity index (χ3n) is 4.65. The molecule has 1 aliphatic heterocycles. The van der Waals surface area contributed by atoms with Crippen LogP contribution in [0.3, 0.4) is 0 Å². The number of benzene rings is 1. The molecule has 1 aromatic carbocycles. The molecule has 0 N–H and O–H groups in total. The first-order valence-electron chi connectivity index (χ1n) is 10.0. The molecule has 0 aromatic heterocycles. The number of esters is 4. The summed E-state index contributed by atoms with van der Waals surface area (Å²) in [6.07, 6.45) is -3.86. The van der Waals surface area contributed by atoms with Crippen molar-refractivity contribution in [2.75, 3.05) is 6.61 Å². The quantitative estimate of drug-likeness (QED) is 0.444. The molecule has 9 nitrogen and oxygen atoms in total. The Morgan fingerprint density at radius 2 is 1.26 bits per heavy atom. The van der Waals surface area contributed by atoms with Crippen LogP contribution in [0.25, 0.3) is 0 Å². The number of rotatable bonds is 8. The Kier molecular flexibility index (Phi) is 8.99. The highest BCUT2D eigenvalue weighted by Gasteiger charge is 2.51. The van der Waals surface area contributed by atoms with Crippen LogP contribution in [0.15, 0.2) is 30.3 Å². The van der Waals surface area contributed by atoms with Crippen molar-refractivity contribution in [3.05, 3.63) is 35.9 Å². The summed E-state index contributed by atoms with van der Waals surface area (Å²) in [5.41, 5.74) is 1.04. The highest BCUT2D eigenvalue weighted by molar-refractivity contribution is 5.68. The first-order valence-corrected chi connectivity index (χ1v) is 10.0. The zero-order valence-corrected chi connectivity index (χ0v) is 18.1. The first-order chi connectivity index (χ1) is 14.7. The number of hydrogen-bond acceptors (Lipinski definition) is 9. The van der Waals surface area contributed by atoms with E-state index in [1.54, 1.807) is 0 Å². The largest absolute Gasteiger partial charge is 0.463 e. The van der Waals surface area contributed by atoms with Crippen LogP contribution in [0.2, 0.25) is 0 Å². The second-order valence-electron chi connectivity index (χ2n) is 7.26. The molecule has 170 valence electrons. The summed E-state index contributed by atoms with van der Waals surface area (Å²) < 4.78 is 27.4. The van der Waals surface area contributed by atoms with Gasteiger partial charge in [0.2, 0.25) is 0 Å². The van der Waals surface area contributed by atoms with Crippen LogP contribution >= 0.6 is 0 Å². The molecule has 9 heteroatoms. The molecule has 2 rings (SSSR count). The van der Waals surface area contributed by atoms with Crippen molar-refractivity contribution in [2.24, 2.45) is 0 Å². The minimum absolute atomic E-state index is 0.223. The van der Waals surface area contributed by atoms with Gasteiger partial charge in [-0.05, 0) is 18.4 Å². The van der Waals surface area contributed by atoms with E-state index in [-0.39, 0.29) is 6.61 Å². The minimum Gasteiger partial charge on any atom is -0.463 e. The molecule has 31 heavy (non-hydrogen) atoms. The maximum absolute atomic E-state index is 11.8. The maximum Gasteiger partial charge on any atom is 0.303 e. The fourth-order valence-electron chi connectivity index (χ4n) is 3.50. The van der Waals surface area contributed by atoms with Gasteiger partial charge in [0.05, 0.1) is 6.10 Å². The number of carbonyl (C=O) groups is 4. The lowest BCUT2D eigenvalue weighted by molar-refractivity contribution is -0.253. The van der Waals surface area contributed by atoms with E-state index in [9.17, 15) is 19.2 Å². The average molecular weight is 436 g/mol. The van der Waals surface area contributed by atoms with Crippen molar-refractivity contribution in [3.8, 4) is 0 Å². The van der Waals surface area contributed by atoms with E-state index in [0.717, 1.165) is 5.56 Å². The Labute approximate surface area is 180 Å². The van der Waals surface area contributed by atoms with Gasteiger partial charge in [0.15, 0.2) is 18.3 Å². The predicted molar refractivity (Wildman–Crippen MR) is 107 cm³/mol. The topological polar surface area (TPSA) is 114 Å². The van der Waals surface area contributed by atoms with Crippen molar-refractivity contribution in [3.63, 3.8) is 0 Å². The maximum atomic E-state index is 11.8. The van der Waals surface area contributed by atoms with Gasteiger partial charge < -0.3 is 23.7 Å². The van der Waals surface area contributed by atoms with Gasteiger partial charge in [-0.2, -0.15) is 0 Å². The van der Waals surface area contributed by atoms with Gasteiger partial charge in [0.1, 0.15) is 12.7 Å². The number of ether oxygens (including phenoxy) is 5. The number of aryl methyl sites for hydroxylation is 1. The van der Waals surface area contributed by atoms with E-state index in [2.05, 4.69) is 0 Å².